The molecule has 0 aliphatic carbocycles. The van der Waals surface area contributed by atoms with Crippen molar-refractivity contribution in [2.45, 2.75) is 86.7 Å². The molecule has 4 nitrogen and oxygen atoms in total. The molecule has 3 rings (SSSR count). The second kappa shape index (κ2) is 23.3. The first-order valence-corrected chi connectivity index (χ1v) is 13.2. The molecule has 4 heteroatoms. The first kappa shape index (κ1) is 31.1. The number of hydrogen-bond donors (Lipinski definition) is 1. The summed E-state index contributed by atoms with van der Waals surface area (Å²) in [6.07, 6.45) is 16.4. The maximum atomic E-state index is 4.06. The molecule has 188 valence electrons. The Morgan fingerprint density at radius 2 is 1.82 bits per heavy atom. The van der Waals surface area contributed by atoms with Gasteiger partial charge in [0.1, 0.15) is 0 Å². The van der Waals surface area contributed by atoms with E-state index in [1.165, 1.54) is 44.3 Å². The standard InChI is InChI=1S/C15H21N3.C6H13N.C6H12.C2H6/c1-2-17(13-15-7-4-3-5-8-15)10-6-11-18-12-9-16-14-18;1-6-2-4-7-5-3-6;1-3-5-6-4-2;1-2/h3-5,7-9,12,14H,2,6,10-11,13H2,1H3;6-7H,2-5H2,1H3;3,5H,4,6H2,1-2H3;1-2H3/b;;5-3-;. The fourth-order valence-corrected chi connectivity index (χ4v) is 3.39. The highest BCUT2D eigenvalue weighted by Gasteiger charge is 2.05. The molecule has 33 heavy (non-hydrogen) atoms. The van der Waals surface area contributed by atoms with Crippen molar-refractivity contribution >= 4 is 0 Å². The van der Waals surface area contributed by atoms with E-state index in [0.29, 0.717) is 0 Å². The maximum absolute atomic E-state index is 4.06. The molecule has 0 saturated carbocycles. The van der Waals surface area contributed by atoms with Gasteiger partial charge in [0.25, 0.3) is 0 Å². The lowest BCUT2D eigenvalue weighted by Crippen LogP contribution is -2.26. The molecule has 1 saturated heterocycles. The summed E-state index contributed by atoms with van der Waals surface area (Å²) in [4.78, 5) is 6.54. The van der Waals surface area contributed by atoms with Gasteiger partial charge in [0, 0.05) is 32.0 Å². The van der Waals surface area contributed by atoms with Crippen LogP contribution in [0, 0.1) is 5.92 Å². The number of piperidine rings is 1. The molecule has 1 fully saturated rings. The van der Waals surface area contributed by atoms with Crippen molar-refractivity contribution in [2.24, 2.45) is 5.92 Å². The van der Waals surface area contributed by atoms with E-state index < -0.39 is 0 Å². The number of aryl methyl sites for hydroxylation is 1. The van der Waals surface area contributed by atoms with E-state index in [-0.39, 0.29) is 0 Å². The van der Waals surface area contributed by atoms with Crippen LogP contribution in [0.5, 0.6) is 0 Å². The van der Waals surface area contributed by atoms with Crippen LogP contribution in [0.3, 0.4) is 0 Å². The molecule has 1 aliphatic heterocycles. The lowest BCUT2D eigenvalue weighted by Gasteiger charge is -2.20. The first-order valence-electron chi connectivity index (χ1n) is 13.2. The third-order valence-electron chi connectivity index (χ3n) is 5.46. The van der Waals surface area contributed by atoms with Gasteiger partial charge in [-0.15, -0.1) is 0 Å². The number of nitrogens with zero attached hydrogens (tertiary/aromatic N) is 3. The largest absolute Gasteiger partial charge is 0.337 e. The van der Waals surface area contributed by atoms with Crippen LogP contribution in [0.4, 0.5) is 0 Å². The van der Waals surface area contributed by atoms with E-state index in [4.69, 9.17) is 0 Å². The average Bonchev–Trinajstić information content (AvgIpc) is 3.39. The highest BCUT2D eigenvalue weighted by atomic mass is 15.1. The zero-order valence-corrected chi connectivity index (χ0v) is 22.5. The zero-order chi connectivity index (χ0) is 24.6. The molecule has 1 aliphatic rings. The Hall–Kier alpha value is -1.91. The van der Waals surface area contributed by atoms with Gasteiger partial charge < -0.3 is 9.88 Å². The second-order valence-electron chi connectivity index (χ2n) is 8.30. The number of unbranched alkanes of at least 4 members (excludes halogenated alkanes) is 1. The highest BCUT2D eigenvalue weighted by molar-refractivity contribution is 5.14. The molecule has 0 bridgehead atoms. The predicted molar refractivity (Wildman–Crippen MR) is 147 cm³/mol. The van der Waals surface area contributed by atoms with Crippen LogP contribution in [0.1, 0.15) is 79.2 Å². The zero-order valence-electron chi connectivity index (χ0n) is 22.5. The quantitative estimate of drug-likeness (QED) is 0.405. The number of allylic oxidation sites excluding steroid dienone is 2. The fourth-order valence-electron chi connectivity index (χ4n) is 3.39. The summed E-state index contributed by atoms with van der Waals surface area (Å²) in [6.45, 7) is 19.6. The minimum Gasteiger partial charge on any atom is -0.337 e. The van der Waals surface area contributed by atoms with Crippen LogP contribution >= 0.6 is 0 Å². The number of aromatic nitrogens is 2. The van der Waals surface area contributed by atoms with Gasteiger partial charge in [-0.1, -0.05) is 83.5 Å². The fraction of sp³-hybridized carbons (Fsp3) is 0.621. The molecule has 0 radical (unpaired) electrons. The number of imidazole rings is 1. The molecule has 1 N–H and O–H groups in total. The number of rotatable bonds is 9. The van der Waals surface area contributed by atoms with E-state index in [2.05, 4.69) is 89.9 Å². The number of benzene rings is 1. The summed E-state index contributed by atoms with van der Waals surface area (Å²) in [6, 6.07) is 10.7. The smallest absolute Gasteiger partial charge is 0.0945 e. The maximum Gasteiger partial charge on any atom is 0.0945 e. The average molecular weight is 457 g/mol. The van der Waals surface area contributed by atoms with Crippen molar-refractivity contribution in [3.8, 4) is 0 Å². The summed E-state index contributed by atoms with van der Waals surface area (Å²) in [7, 11) is 0. The van der Waals surface area contributed by atoms with Gasteiger partial charge in [0.2, 0.25) is 0 Å². The van der Waals surface area contributed by atoms with Crippen LogP contribution < -0.4 is 5.32 Å². The van der Waals surface area contributed by atoms with Crippen LogP contribution in [-0.2, 0) is 13.1 Å². The van der Waals surface area contributed by atoms with Crippen LogP contribution in [0.2, 0.25) is 0 Å². The Bertz CT molecular complexity index is 631. The van der Waals surface area contributed by atoms with Crippen molar-refractivity contribution in [1.82, 2.24) is 19.8 Å². The lowest BCUT2D eigenvalue weighted by molar-refractivity contribution is 0.270. The van der Waals surface area contributed by atoms with Crippen molar-refractivity contribution < 1.29 is 0 Å². The van der Waals surface area contributed by atoms with E-state index >= 15 is 0 Å². The van der Waals surface area contributed by atoms with Gasteiger partial charge in [0.05, 0.1) is 6.33 Å². The highest BCUT2D eigenvalue weighted by Crippen LogP contribution is 2.08. The Morgan fingerprint density at radius 1 is 1.12 bits per heavy atom. The van der Waals surface area contributed by atoms with Gasteiger partial charge in [-0.2, -0.15) is 0 Å². The van der Waals surface area contributed by atoms with Gasteiger partial charge in [0.15, 0.2) is 0 Å². The topological polar surface area (TPSA) is 33.1 Å². The van der Waals surface area contributed by atoms with E-state index in [1.54, 1.807) is 0 Å². The van der Waals surface area contributed by atoms with Crippen molar-refractivity contribution in [3.63, 3.8) is 0 Å². The normalized spacial score (nSPS) is 13.4. The predicted octanol–water partition coefficient (Wildman–Crippen LogP) is 7.19. The minimum absolute atomic E-state index is 0.973. The summed E-state index contributed by atoms with van der Waals surface area (Å²) in [5.41, 5.74) is 1.39. The molecule has 1 aromatic carbocycles. The Kier molecular flexibility index (Phi) is 21.9. The van der Waals surface area contributed by atoms with E-state index in [0.717, 1.165) is 38.5 Å². The van der Waals surface area contributed by atoms with Crippen LogP contribution in [0.15, 0.2) is 61.2 Å². The summed E-state index contributed by atoms with van der Waals surface area (Å²) in [5.74, 6) is 0.973. The lowest BCUT2D eigenvalue weighted by atomic mass is 10.0. The molecular weight excluding hydrogens is 404 g/mol. The molecule has 2 heterocycles. The van der Waals surface area contributed by atoms with Crippen molar-refractivity contribution in [2.75, 3.05) is 26.2 Å². The monoisotopic (exact) mass is 456 g/mol. The first-order chi connectivity index (χ1) is 16.2. The third-order valence-corrected chi connectivity index (χ3v) is 5.46. The Balaban J connectivity index is 0.000000561. The van der Waals surface area contributed by atoms with Crippen molar-refractivity contribution in [1.29, 1.82) is 0 Å². The van der Waals surface area contributed by atoms with Gasteiger partial charge in [-0.05, 0) is 63.7 Å². The van der Waals surface area contributed by atoms with E-state index in [9.17, 15) is 0 Å². The summed E-state index contributed by atoms with van der Waals surface area (Å²) in [5, 5.41) is 3.32. The minimum atomic E-state index is 0.973. The molecule has 0 unspecified atom stereocenters. The Morgan fingerprint density at radius 3 is 2.27 bits per heavy atom. The molecule has 0 amide bonds. The molecule has 2 aromatic rings. The molecular formula is C29H52N4. The summed E-state index contributed by atoms with van der Waals surface area (Å²) < 4.78 is 2.14. The van der Waals surface area contributed by atoms with Crippen LogP contribution in [-0.4, -0.2) is 40.6 Å². The molecule has 1 aromatic heterocycles. The van der Waals surface area contributed by atoms with Crippen molar-refractivity contribution in [3.05, 3.63) is 66.8 Å². The summed E-state index contributed by atoms with van der Waals surface area (Å²) >= 11 is 0. The molecule has 0 spiro atoms. The van der Waals surface area contributed by atoms with Crippen LogP contribution in [0.25, 0.3) is 0 Å². The number of nitrogens with one attached hydrogen (secondary N) is 1. The van der Waals surface area contributed by atoms with Gasteiger partial charge in [-0.3, -0.25) is 4.90 Å². The number of hydrogen-bond acceptors (Lipinski definition) is 3. The molecule has 0 atom stereocenters. The Labute approximate surface area is 205 Å². The second-order valence-corrected chi connectivity index (χ2v) is 8.30. The van der Waals surface area contributed by atoms with Gasteiger partial charge >= 0.3 is 0 Å². The SMILES string of the molecule is C/C=C\CCC.CC.CC1CCNCC1.CCN(CCCn1ccnc1)Cc1ccccc1. The third kappa shape index (κ3) is 18.2. The van der Waals surface area contributed by atoms with Gasteiger partial charge in [-0.25, -0.2) is 4.98 Å². The van der Waals surface area contributed by atoms with E-state index in [1.807, 2.05) is 32.6 Å².